The van der Waals surface area contributed by atoms with Crippen LogP contribution < -0.4 is 21.3 Å². The van der Waals surface area contributed by atoms with Crippen molar-refractivity contribution in [2.75, 3.05) is 28.6 Å². The SMILES string of the molecule is Cc1nc(Nc2ncc(C(=O)Nc3c(C)cc(I)cc3Cl)s2)cc(N2CCC(N)C2)n1. The zero-order valence-corrected chi connectivity index (χ0v) is 20.7. The predicted molar refractivity (Wildman–Crippen MR) is 134 cm³/mol. The molecule has 0 bridgehead atoms. The van der Waals surface area contributed by atoms with Gasteiger partial charge in [-0.1, -0.05) is 22.9 Å². The molecule has 1 fully saturated rings. The second-order valence-corrected chi connectivity index (χ2v) is 10.0. The average molecular weight is 570 g/mol. The molecule has 1 aliphatic rings. The maximum atomic E-state index is 12.7. The molecule has 0 radical (unpaired) electrons. The number of nitrogens with zero attached hydrogens (tertiary/aromatic N) is 4. The van der Waals surface area contributed by atoms with Gasteiger partial charge >= 0.3 is 0 Å². The molecular weight excluding hydrogens is 549 g/mol. The molecule has 3 aromatic rings. The van der Waals surface area contributed by atoms with E-state index in [1.54, 1.807) is 0 Å². The van der Waals surface area contributed by atoms with Crippen LogP contribution in [0.15, 0.2) is 24.4 Å². The van der Waals surface area contributed by atoms with E-state index >= 15 is 0 Å². The van der Waals surface area contributed by atoms with E-state index in [-0.39, 0.29) is 11.9 Å². The van der Waals surface area contributed by atoms with Crippen LogP contribution in [0.25, 0.3) is 0 Å². The van der Waals surface area contributed by atoms with E-state index in [9.17, 15) is 4.79 Å². The molecule has 2 aromatic heterocycles. The molecule has 1 unspecified atom stereocenters. The number of nitrogens with two attached hydrogens (primary N) is 1. The summed E-state index contributed by atoms with van der Waals surface area (Å²) in [4.78, 5) is 28.6. The fourth-order valence-electron chi connectivity index (χ4n) is 3.36. The fraction of sp³-hybridized carbons (Fsp3) is 0.300. The Morgan fingerprint density at radius 1 is 1.32 bits per heavy atom. The first kappa shape index (κ1) is 22.2. The summed E-state index contributed by atoms with van der Waals surface area (Å²) in [5, 5.41) is 7.14. The van der Waals surface area contributed by atoms with Crippen LogP contribution >= 0.6 is 45.5 Å². The molecule has 11 heteroatoms. The van der Waals surface area contributed by atoms with Gasteiger partial charge in [0.25, 0.3) is 5.91 Å². The lowest BCUT2D eigenvalue weighted by molar-refractivity contribution is 0.103. The quantitative estimate of drug-likeness (QED) is 0.392. The number of aryl methyl sites for hydroxylation is 2. The molecule has 0 spiro atoms. The van der Waals surface area contributed by atoms with Crippen molar-refractivity contribution in [1.82, 2.24) is 15.0 Å². The standard InChI is InChI=1S/C20H21ClIN7OS/c1-10-5-12(22)6-14(21)18(10)28-19(30)15-8-24-20(31-15)27-16-7-17(26-11(2)25-16)29-4-3-13(23)9-29/h5-8,13H,3-4,9,23H2,1-2H3,(H,28,30)(H,24,25,26,27). The van der Waals surface area contributed by atoms with Crippen molar-refractivity contribution >= 4 is 73.9 Å². The van der Waals surface area contributed by atoms with Crippen molar-refractivity contribution in [2.45, 2.75) is 26.3 Å². The summed E-state index contributed by atoms with van der Waals surface area (Å²) in [6.45, 7) is 5.40. The van der Waals surface area contributed by atoms with Gasteiger partial charge in [-0.05, 0) is 60.6 Å². The maximum Gasteiger partial charge on any atom is 0.267 e. The van der Waals surface area contributed by atoms with Crippen LogP contribution in [0.1, 0.15) is 27.5 Å². The van der Waals surface area contributed by atoms with Crippen molar-refractivity contribution in [3.8, 4) is 0 Å². The van der Waals surface area contributed by atoms with Crippen LogP contribution in [0, 0.1) is 17.4 Å². The van der Waals surface area contributed by atoms with Crippen molar-refractivity contribution in [3.63, 3.8) is 0 Å². The summed E-state index contributed by atoms with van der Waals surface area (Å²) in [6.07, 6.45) is 2.48. The molecule has 1 atom stereocenters. The Hall–Kier alpha value is -2.02. The molecule has 0 aliphatic carbocycles. The van der Waals surface area contributed by atoms with Gasteiger partial charge in [0.1, 0.15) is 22.3 Å². The molecule has 0 saturated carbocycles. The number of carbonyl (C=O) groups is 1. The van der Waals surface area contributed by atoms with Crippen LogP contribution in [0.3, 0.4) is 0 Å². The largest absolute Gasteiger partial charge is 0.355 e. The maximum absolute atomic E-state index is 12.7. The minimum Gasteiger partial charge on any atom is -0.355 e. The average Bonchev–Trinajstić information content (AvgIpc) is 3.33. The van der Waals surface area contributed by atoms with Gasteiger partial charge in [0.05, 0.1) is 16.9 Å². The normalized spacial score (nSPS) is 15.9. The summed E-state index contributed by atoms with van der Waals surface area (Å²) in [7, 11) is 0. The molecule has 31 heavy (non-hydrogen) atoms. The van der Waals surface area contributed by atoms with E-state index in [0.29, 0.717) is 32.4 Å². The predicted octanol–water partition coefficient (Wildman–Crippen LogP) is 4.34. The Labute approximate surface area is 202 Å². The number of thiazole rings is 1. The number of amides is 1. The van der Waals surface area contributed by atoms with Gasteiger partial charge in [0.2, 0.25) is 0 Å². The molecule has 1 aliphatic heterocycles. The lowest BCUT2D eigenvalue weighted by Gasteiger charge is -2.18. The third-order valence-corrected chi connectivity index (χ3v) is 6.66. The highest BCUT2D eigenvalue weighted by Crippen LogP contribution is 2.30. The first-order valence-corrected chi connectivity index (χ1v) is 11.9. The number of benzene rings is 1. The van der Waals surface area contributed by atoms with Gasteiger partial charge < -0.3 is 21.3 Å². The van der Waals surface area contributed by atoms with E-state index in [1.807, 2.05) is 32.0 Å². The van der Waals surface area contributed by atoms with Gasteiger partial charge in [-0.25, -0.2) is 15.0 Å². The topological polar surface area (TPSA) is 109 Å². The summed E-state index contributed by atoms with van der Waals surface area (Å²) < 4.78 is 1.01. The van der Waals surface area contributed by atoms with E-state index < -0.39 is 0 Å². The van der Waals surface area contributed by atoms with Crippen LogP contribution in [0.5, 0.6) is 0 Å². The second kappa shape index (κ2) is 9.23. The Balaban J connectivity index is 1.48. The first-order chi connectivity index (χ1) is 14.8. The highest BCUT2D eigenvalue weighted by molar-refractivity contribution is 14.1. The summed E-state index contributed by atoms with van der Waals surface area (Å²) in [6, 6.07) is 5.81. The number of hydrogen-bond acceptors (Lipinski definition) is 8. The minimum atomic E-state index is -0.262. The minimum absolute atomic E-state index is 0.164. The molecule has 4 N–H and O–H groups in total. The molecule has 3 heterocycles. The van der Waals surface area contributed by atoms with Gasteiger partial charge in [0.15, 0.2) is 5.13 Å². The molecule has 8 nitrogen and oxygen atoms in total. The number of halogens is 2. The van der Waals surface area contributed by atoms with Crippen molar-refractivity contribution in [3.05, 3.63) is 49.3 Å². The van der Waals surface area contributed by atoms with Gasteiger partial charge in [-0.2, -0.15) is 0 Å². The zero-order chi connectivity index (χ0) is 22.1. The van der Waals surface area contributed by atoms with E-state index in [4.69, 9.17) is 17.3 Å². The molecule has 162 valence electrons. The van der Waals surface area contributed by atoms with E-state index in [1.165, 1.54) is 17.5 Å². The number of hydrogen-bond donors (Lipinski definition) is 3. The first-order valence-electron chi connectivity index (χ1n) is 9.64. The van der Waals surface area contributed by atoms with Gasteiger partial charge in [-0.3, -0.25) is 4.79 Å². The van der Waals surface area contributed by atoms with Crippen LogP contribution in [0.4, 0.5) is 22.5 Å². The Morgan fingerprint density at radius 3 is 2.84 bits per heavy atom. The zero-order valence-electron chi connectivity index (χ0n) is 16.9. The number of aromatic nitrogens is 3. The Bertz CT molecular complexity index is 1120. The lowest BCUT2D eigenvalue weighted by Crippen LogP contribution is -2.27. The second-order valence-electron chi connectivity index (χ2n) is 7.34. The van der Waals surface area contributed by atoms with Crippen molar-refractivity contribution in [2.24, 2.45) is 5.73 Å². The summed E-state index contributed by atoms with van der Waals surface area (Å²) in [5.74, 6) is 1.85. The lowest BCUT2D eigenvalue weighted by atomic mass is 10.2. The molecular formula is C20H21ClIN7OS. The Morgan fingerprint density at radius 2 is 2.13 bits per heavy atom. The summed E-state index contributed by atoms with van der Waals surface area (Å²) in [5.41, 5.74) is 7.53. The Kier molecular flexibility index (Phi) is 6.60. The molecule has 1 amide bonds. The number of rotatable bonds is 5. The summed E-state index contributed by atoms with van der Waals surface area (Å²) >= 11 is 9.73. The highest BCUT2D eigenvalue weighted by atomic mass is 127. The molecule has 4 rings (SSSR count). The number of carbonyl (C=O) groups excluding carboxylic acids is 1. The van der Waals surface area contributed by atoms with Crippen LogP contribution in [-0.4, -0.2) is 40.0 Å². The van der Waals surface area contributed by atoms with Crippen molar-refractivity contribution < 1.29 is 4.79 Å². The van der Waals surface area contributed by atoms with Crippen LogP contribution in [-0.2, 0) is 0 Å². The third kappa shape index (κ3) is 5.25. The number of anilines is 4. The van der Waals surface area contributed by atoms with Gasteiger partial charge in [-0.15, -0.1) is 0 Å². The monoisotopic (exact) mass is 569 g/mol. The fourth-order valence-corrected chi connectivity index (χ4v) is 5.35. The molecule has 1 aromatic carbocycles. The van der Waals surface area contributed by atoms with Crippen LogP contribution in [0.2, 0.25) is 5.02 Å². The highest BCUT2D eigenvalue weighted by Gasteiger charge is 2.21. The van der Waals surface area contributed by atoms with Crippen molar-refractivity contribution in [1.29, 1.82) is 0 Å². The third-order valence-electron chi connectivity index (χ3n) is 4.83. The van der Waals surface area contributed by atoms with E-state index in [2.05, 4.69) is 53.1 Å². The number of nitrogens with one attached hydrogen (secondary N) is 2. The van der Waals surface area contributed by atoms with Gasteiger partial charge in [0, 0.05) is 28.8 Å². The smallest absolute Gasteiger partial charge is 0.267 e. The van der Waals surface area contributed by atoms with E-state index in [0.717, 1.165) is 34.5 Å². The molecule has 1 saturated heterocycles.